The fraction of sp³-hybridized carbons (Fsp3) is 0.350. The lowest BCUT2D eigenvalue weighted by atomic mass is 10.1. The van der Waals surface area contributed by atoms with E-state index in [0.717, 1.165) is 30.2 Å². The standard InChI is InChI=1S/C20H23N3O/c1-14-7-8-17(15(2)11-14)20-22-16(13-24-20)12-23-10-4-6-19(23)18-5-3-9-21-18/h3,5,7-9,11,13,19,21H,4,6,10,12H2,1-2H3/t19-/m0/s1. The van der Waals surface area contributed by atoms with Crippen molar-refractivity contribution in [3.05, 3.63) is 65.3 Å². The lowest BCUT2D eigenvalue weighted by Crippen LogP contribution is -2.23. The zero-order valence-electron chi connectivity index (χ0n) is 14.2. The largest absolute Gasteiger partial charge is 0.444 e. The fourth-order valence-corrected chi connectivity index (χ4v) is 3.68. The van der Waals surface area contributed by atoms with E-state index in [1.807, 2.05) is 6.20 Å². The number of hydrogen-bond acceptors (Lipinski definition) is 3. The van der Waals surface area contributed by atoms with E-state index < -0.39 is 0 Å². The zero-order chi connectivity index (χ0) is 16.5. The van der Waals surface area contributed by atoms with E-state index in [2.05, 4.69) is 54.1 Å². The van der Waals surface area contributed by atoms with Crippen molar-refractivity contribution in [1.29, 1.82) is 0 Å². The second-order valence-corrected chi connectivity index (χ2v) is 6.72. The van der Waals surface area contributed by atoms with Gasteiger partial charge in [0.15, 0.2) is 0 Å². The first-order chi connectivity index (χ1) is 11.7. The number of aromatic nitrogens is 2. The Morgan fingerprint density at radius 1 is 1.29 bits per heavy atom. The van der Waals surface area contributed by atoms with Gasteiger partial charge in [-0.05, 0) is 57.0 Å². The summed E-state index contributed by atoms with van der Waals surface area (Å²) in [4.78, 5) is 10.6. The first kappa shape index (κ1) is 15.2. The summed E-state index contributed by atoms with van der Waals surface area (Å²) in [7, 11) is 0. The summed E-state index contributed by atoms with van der Waals surface area (Å²) in [5.74, 6) is 0.720. The first-order valence-electron chi connectivity index (χ1n) is 8.60. The van der Waals surface area contributed by atoms with Gasteiger partial charge in [0.05, 0.1) is 11.7 Å². The van der Waals surface area contributed by atoms with E-state index in [9.17, 15) is 0 Å². The summed E-state index contributed by atoms with van der Waals surface area (Å²) < 4.78 is 5.76. The molecule has 0 amide bonds. The first-order valence-corrected chi connectivity index (χ1v) is 8.60. The third-order valence-corrected chi connectivity index (χ3v) is 4.87. The number of nitrogens with one attached hydrogen (secondary N) is 1. The molecule has 2 aromatic heterocycles. The van der Waals surface area contributed by atoms with Crippen molar-refractivity contribution in [2.24, 2.45) is 0 Å². The highest BCUT2D eigenvalue weighted by molar-refractivity contribution is 5.59. The molecule has 4 rings (SSSR count). The van der Waals surface area contributed by atoms with Gasteiger partial charge in [-0.15, -0.1) is 0 Å². The van der Waals surface area contributed by atoms with Crippen LogP contribution >= 0.6 is 0 Å². The molecule has 0 spiro atoms. The molecular formula is C20H23N3O. The SMILES string of the molecule is Cc1ccc(-c2nc(CN3CCC[C@H]3c3ccc[nH]3)co2)c(C)c1. The molecule has 1 aliphatic rings. The fourth-order valence-electron chi connectivity index (χ4n) is 3.68. The van der Waals surface area contributed by atoms with Crippen LogP contribution in [0.15, 0.2) is 47.2 Å². The molecule has 0 radical (unpaired) electrons. The quantitative estimate of drug-likeness (QED) is 0.762. The van der Waals surface area contributed by atoms with Crippen molar-refractivity contribution in [2.45, 2.75) is 39.3 Å². The van der Waals surface area contributed by atoms with Crippen LogP contribution in [0.2, 0.25) is 0 Å². The molecule has 0 unspecified atom stereocenters. The van der Waals surface area contributed by atoms with Crippen LogP contribution in [0.3, 0.4) is 0 Å². The molecule has 4 heteroatoms. The van der Waals surface area contributed by atoms with Crippen LogP contribution < -0.4 is 0 Å². The van der Waals surface area contributed by atoms with Crippen LogP contribution in [-0.2, 0) is 6.54 Å². The van der Waals surface area contributed by atoms with Gasteiger partial charge in [0, 0.05) is 24.0 Å². The minimum Gasteiger partial charge on any atom is -0.444 e. The lowest BCUT2D eigenvalue weighted by molar-refractivity contribution is 0.242. The van der Waals surface area contributed by atoms with Gasteiger partial charge in [-0.3, -0.25) is 4.90 Å². The zero-order valence-corrected chi connectivity index (χ0v) is 14.2. The number of likely N-dealkylation sites (tertiary alicyclic amines) is 1. The van der Waals surface area contributed by atoms with Gasteiger partial charge in [-0.2, -0.15) is 0 Å². The molecule has 0 saturated carbocycles. The van der Waals surface area contributed by atoms with Crippen LogP contribution in [0.5, 0.6) is 0 Å². The molecule has 124 valence electrons. The molecule has 1 saturated heterocycles. The van der Waals surface area contributed by atoms with Crippen molar-refractivity contribution >= 4 is 0 Å². The lowest BCUT2D eigenvalue weighted by Gasteiger charge is -2.22. The maximum atomic E-state index is 5.76. The topological polar surface area (TPSA) is 45.1 Å². The smallest absolute Gasteiger partial charge is 0.226 e. The summed E-state index contributed by atoms with van der Waals surface area (Å²) in [6.45, 7) is 6.15. The highest BCUT2D eigenvalue weighted by Crippen LogP contribution is 2.32. The van der Waals surface area contributed by atoms with Gasteiger partial charge in [-0.1, -0.05) is 17.7 Å². The molecule has 3 heterocycles. The Kier molecular flexibility index (Phi) is 3.98. The predicted octanol–water partition coefficient (Wildman–Crippen LogP) is 4.62. The Balaban J connectivity index is 1.53. The number of H-pyrrole nitrogens is 1. The van der Waals surface area contributed by atoms with E-state index in [1.165, 1.54) is 29.7 Å². The average Bonchev–Trinajstić information content (AvgIpc) is 3.28. The van der Waals surface area contributed by atoms with Crippen molar-refractivity contribution < 1.29 is 4.42 Å². The molecule has 4 nitrogen and oxygen atoms in total. The van der Waals surface area contributed by atoms with Crippen molar-refractivity contribution in [1.82, 2.24) is 14.9 Å². The highest BCUT2D eigenvalue weighted by atomic mass is 16.3. The van der Waals surface area contributed by atoms with Crippen LogP contribution in [0.4, 0.5) is 0 Å². The summed E-state index contributed by atoms with van der Waals surface area (Å²) in [6, 6.07) is 11.1. The summed E-state index contributed by atoms with van der Waals surface area (Å²) in [6.07, 6.45) is 6.23. The molecule has 1 fully saturated rings. The molecule has 1 N–H and O–H groups in total. The minimum absolute atomic E-state index is 0.460. The number of benzene rings is 1. The summed E-state index contributed by atoms with van der Waals surface area (Å²) >= 11 is 0. The van der Waals surface area contributed by atoms with Crippen molar-refractivity contribution in [3.63, 3.8) is 0 Å². The third kappa shape index (κ3) is 2.89. The van der Waals surface area contributed by atoms with Gasteiger partial charge in [-0.25, -0.2) is 4.98 Å². The van der Waals surface area contributed by atoms with E-state index in [1.54, 1.807) is 6.26 Å². The molecular weight excluding hydrogens is 298 g/mol. The second kappa shape index (κ2) is 6.29. The second-order valence-electron chi connectivity index (χ2n) is 6.72. The molecule has 24 heavy (non-hydrogen) atoms. The van der Waals surface area contributed by atoms with Gasteiger partial charge >= 0.3 is 0 Å². The van der Waals surface area contributed by atoms with Crippen molar-refractivity contribution in [2.75, 3.05) is 6.54 Å². The Hall–Kier alpha value is -2.33. The molecule has 1 atom stereocenters. The number of hydrogen-bond donors (Lipinski definition) is 1. The van der Waals surface area contributed by atoms with Crippen LogP contribution in [0, 0.1) is 13.8 Å². The molecule has 0 bridgehead atoms. The Bertz CT molecular complexity index is 819. The number of aryl methyl sites for hydroxylation is 2. The average molecular weight is 321 g/mol. The van der Waals surface area contributed by atoms with Crippen LogP contribution in [0.1, 0.15) is 41.4 Å². The highest BCUT2D eigenvalue weighted by Gasteiger charge is 2.27. The van der Waals surface area contributed by atoms with Crippen LogP contribution in [-0.4, -0.2) is 21.4 Å². The summed E-state index contributed by atoms with van der Waals surface area (Å²) in [5, 5.41) is 0. The van der Waals surface area contributed by atoms with E-state index in [0.29, 0.717) is 6.04 Å². The van der Waals surface area contributed by atoms with E-state index >= 15 is 0 Å². The van der Waals surface area contributed by atoms with Gasteiger partial charge in [0.2, 0.25) is 5.89 Å². The monoisotopic (exact) mass is 321 g/mol. The van der Waals surface area contributed by atoms with E-state index in [4.69, 9.17) is 9.40 Å². The normalized spacial score (nSPS) is 18.3. The Labute approximate surface area is 142 Å². The Morgan fingerprint density at radius 3 is 3.00 bits per heavy atom. The number of nitrogens with zero attached hydrogens (tertiary/aromatic N) is 2. The number of aromatic amines is 1. The number of rotatable bonds is 4. The van der Waals surface area contributed by atoms with Gasteiger partial charge in [0.25, 0.3) is 0 Å². The van der Waals surface area contributed by atoms with E-state index in [-0.39, 0.29) is 0 Å². The predicted molar refractivity (Wildman–Crippen MR) is 94.6 cm³/mol. The number of oxazole rings is 1. The van der Waals surface area contributed by atoms with Crippen LogP contribution in [0.25, 0.3) is 11.5 Å². The molecule has 3 aromatic rings. The van der Waals surface area contributed by atoms with Crippen molar-refractivity contribution in [3.8, 4) is 11.5 Å². The maximum absolute atomic E-state index is 5.76. The van der Waals surface area contributed by atoms with Gasteiger partial charge < -0.3 is 9.40 Å². The molecule has 1 aromatic carbocycles. The molecule has 1 aliphatic heterocycles. The maximum Gasteiger partial charge on any atom is 0.226 e. The minimum atomic E-state index is 0.460. The Morgan fingerprint density at radius 2 is 2.21 bits per heavy atom. The summed E-state index contributed by atoms with van der Waals surface area (Å²) in [5.41, 5.74) is 5.84. The molecule has 0 aliphatic carbocycles. The third-order valence-electron chi connectivity index (χ3n) is 4.87. The van der Waals surface area contributed by atoms with Gasteiger partial charge in [0.1, 0.15) is 6.26 Å².